The van der Waals surface area contributed by atoms with Crippen molar-refractivity contribution in [1.82, 2.24) is 24.5 Å². The van der Waals surface area contributed by atoms with Gasteiger partial charge in [0.25, 0.3) is 5.91 Å². The lowest BCUT2D eigenvalue weighted by Gasteiger charge is -2.44. The number of fused-ring (bicyclic) bond motifs is 1. The van der Waals surface area contributed by atoms with Crippen LogP contribution in [0.5, 0.6) is 0 Å². The highest BCUT2D eigenvalue weighted by Gasteiger charge is 2.42. The molecule has 18 heteroatoms. The molecule has 7 rings (SSSR count). The van der Waals surface area contributed by atoms with Gasteiger partial charge in [0, 0.05) is 70.5 Å². The van der Waals surface area contributed by atoms with Crippen LogP contribution in [0.2, 0.25) is 5.02 Å². The summed E-state index contributed by atoms with van der Waals surface area (Å²) in [4.78, 5) is 63.8. The van der Waals surface area contributed by atoms with Crippen molar-refractivity contribution < 1.29 is 46.6 Å². The van der Waals surface area contributed by atoms with Gasteiger partial charge >= 0.3 is 24.3 Å². The van der Waals surface area contributed by atoms with E-state index in [0.29, 0.717) is 77.1 Å². The van der Waals surface area contributed by atoms with E-state index in [2.05, 4.69) is 15.1 Å². The molecule has 0 bridgehead atoms. The molecule has 0 spiro atoms. The van der Waals surface area contributed by atoms with E-state index in [1.807, 2.05) is 38.1 Å². The number of nitrogens with one attached hydrogen (secondary N) is 1. The second-order valence-electron chi connectivity index (χ2n) is 18.0. The molecule has 14 nitrogen and oxygen atoms in total. The molecule has 2 aromatic rings. The first-order valence-electron chi connectivity index (χ1n) is 22.4. The van der Waals surface area contributed by atoms with Gasteiger partial charge in [-0.05, 0) is 113 Å². The first-order chi connectivity index (χ1) is 30.1. The van der Waals surface area contributed by atoms with Crippen molar-refractivity contribution in [3.05, 3.63) is 58.1 Å². The normalized spacial score (nSPS) is 21.0. The Morgan fingerprint density at radius 2 is 1.52 bits per heavy atom. The zero-order chi connectivity index (χ0) is 44.9. The summed E-state index contributed by atoms with van der Waals surface area (Å²) in [5.74, 6) is 0.0252. The number of ether oxygens (including phenoxy) is 3. The quantitative estimate of drug-likeness (QED) is 0.199. The maximum Gasteiger partial charge on any atom is 0.418 e. The molecule has 0 aromatic heterocycles. The van der Waals surface area contributed by atoms with Gasteiger partial charge in [-0.2, -0.15) is 13.2 Å². The highest BCUT2D eigenvalue weighted by atomic mass is 35.5. The molecule has 2 aromatic carbocycles. The number of benzene rings is 2. The number of amides is 4. The van der Waals surface area contributed by atoms with Crippen molar-refractivity contribution in [2.45, 2.75) is 89.1 Å². The number of piperidine rings is 3. The van der Waals surface area contributed by atoms with Crippen LogP contribution in [0.15, 0.2) is 36.4 Å². The molecule has 63 heavy (non-hydrogen) atoms. The van der Waals surface area contributed by atoms with Gasteiger partial charge in [0.05, 0.1) is 29.5 Å². The summed E-state index contributed by atoms with van der Waals surface area (Å²) in [6, 6.07) is 9.50. The minimum Gasteiger partial charge on any atom is -0.463 e. The molecule has 5 aliphatic heterocycles. The number of halogens is 4. The van der Waals surface area contributed by atoms with Gasteiger partial charge in [0.15, 0.2) is 6.10 Å². The summed E-state index contributed by atoms with van der Waals surface area (Å²) in [5.41, 5.74) is 5.10. The van der Waals surface area contributed by atoms with Crippen molar-refractivity contribution in [3.63, 3.8) is 0 Å². The third kappa shape index (κ3) is 11.3. The first-order valence-corrected chi connectivity index (χ1v) is 22.7. The number of hydrogen-bond acceptors (Lipinski definition) is 10. The number of nitrogens with zero attached hydrogens (tertiary/aromatic N) is 5. The molecule has 4 saturated heterocycles. The van der Waals surface area contributed by atoms with E-state index in [4.69, 9.17) is 31.5 Å². The average molecular weight is 904 g/mol. The van der Waals surface area contributed by atoms with Crippen LogP contribution in [0.3, 0.4) is 0 Å². The summed E-state index contributed by atoms with van der Waals surface area (Å²) < 4.78 is 59.0. The van der Waals surface area contributed by atoms with E-state index in [0.717, 1.165) is 69.2 Å². The van der Waals surface area contributed by atoms with E-state index in [1.165, 1.54) is 11.0 Å². The Morgan fingerprint density at radius 3 is 2.19 bits per heavy atom. The molecule has 0 radical (unpaired) electrons. The molecular weight excluding hydrogens is 843 g/mol. The van der Waals surface area contributed by atoms with Crippen molar-refractivity contribution in [3.8, 4) is 0 Å². The predicted molar refractivity (Wildman–Crippen MR) is 231 cm³/mol. The number of carbonyl (C=O) groups excluding carboxylic acids is 4. The average Bonchev–Trinajstić information content (AvgIpc) is 3.45. The molecule has 0 saturated carbocycles. The Balaban J connectivity index is 0.941. The van der Waals surface area contributed by atoms with Gasteiger partial charge in [-0.25, -0.2) is 9.59 Å². The summed E-state index contributed by atoms with van der Waals surface area (Å²) >= 11 is 6.18. The van der Waals surface area contributed by atoms with E-state index in [1.54, 1.807) is 9.80 Å². The van der Waals surface area contributed by atoms with Crippen molar-refractivity contribution in [2.75, 3.05) is 96.3 Å². The SMILES string of the molecule is CC(C)(C(=O)OCCN1CCOCC1)N1CCC(C2CCN(C(=O)[C@@H](Cc3cc(Cl)c(N)c(C(F)(F)F)c3)OC(=O)N3CCC(N4CCc5ccccc5NC4=O)CC3)CC2)CC1. The summed E-state index contributed by atoms with van der Waals surface area (Å²) in [6.07, 6.45) is -2.38. The van der Waals surface area contributed by atoms with Crippen LogP contribution in [0.25, 0.3) is 0 Å². The molecule has 1 atom stereocenters. The van der Waals surface area contributed by atoms with Crippen molar-refractivity contribution in [2.24, 2.45) is 11.8 Å². The van der Waals surface area contributed by atoms with Crippen LogP contribution in [-0.2, 0) is 42.8 Å². The van der Waals surface area contributed by atoms with E-state index >= 15 is 0 Å². The second-order valence-corrected chi connectivity index (χ2v) is 18.4. The number of esters is 1. The Bertz CT molecular complexity index is 1940. The fourth-order valence-electron chi connectivity index (χ4n) is 9.84. The summed E-state index contributed by atoms with van der Waals surface area (Å²) in [7, 11) is 0. The third-order valence-corrected chi connectivity index (χ3v) is 14.1. The summed E-state index contributed by atoms with van der Waals surface area (Å²) in [5, 5.41) is 2.68. The zero-order valence-corrected chi connectivity index (χ0v) is 37.1. The number of rotatable bonds is 11. The molecule has 3 N–H and O–H groups in total. The van der Waals surface area contributed by atoms with Gasteiger partial charge in [0.1, 0.15) is 12.1 Å². The number of para-hydroxylation sites is 1. The number of nitrogen functional groups attached to an aromatic ring is 1. The van der Waals surface area contributed by atoms with E-state index in [9.17, 15) is 32.3 Å². The summed E-state index contributed by atoms with van der Waals surface area (Å²) in [6.45, 7) is 11.3. The zero-order valence-electron chi connectivity index (χ0n) is 36.3. The Labute approximate surface area is 372 Å². The standard InChI is InChI=1S/C45H61ClF3N7O7/c1-44(2,41(58)62-26-23-52-21-24-61-25-22-52)55-18-9-32(10-19-55)31-7-14-53(15-8-31)40(57)38(29-30-27-35(45(47,48)49)39(50)36(46)28-30)63-43(60)54-16-12-34(13-17-54)56-20-11-33-5-3-4-6-37(33)51-42(56)59/h3-6,27-28,31-32,34,38H,7-26,29,50H2,1-2H3,(H,51,59)/t38-/m1/s1. The molecule has 5 heterocycles. The lowest BCUT2D eigenvalue weighted by Crippen LogP contribution is -2.55. The van der Waals surface area contributed by atoms with E-state index in [-0.39, 0.29) is 48.1 Å². The smallest absolute Gasteiger partial charge is 0.418 e. The topological polar surface area (TPSA) is 150 Å². The number of likely N-dealkylation sites (tertiary alicyclic amines) is 3. The molecule has 0 aliphatic carbocycles. The minimum absolute atomic E-state index is 0.0603. The van der Waals surface area contributed by atoms with Gasteiger partial charge in [0.2, 0.25) is 0 Å². The second kappa shape index (κ2) is 20.2. The number of anilines is 2. The highest BCUT2D eigenvalue weighted by Crippen LogP contribution is 2.39. The Morgan fingerprint density at radius 1 is 0.889 bits per heavy atom. The fourth-order valence-corrected chi connectivity index (χ4v) is 10.1. The van der Waals surface area contributed by atoms with Gasteiger partial charge < -0.3 is 40.0 Å². The number of hydrogen-bond donors (Lipinski definition) is 2. The molecule has 4 amide bonds. The lowest BCUT2D eigenvalue weighted by molar-refractivity contribution is -0.158. The van der Waals surface area contributed by atoms with Crippen LogP contribution in [0, 0.1) is 11.8 Å². The lowest BCUT2D eigenvalue weighted by atomic mass is 9.78. The van der Waals surface area contributed by atoms with Gasteiger partial charge in [-0.3, -0.25) is 19.4 Å². The fraction of sp³-hybridized carbons (Fsp3) is 0.644. The van der Waals surface area contributed by atoms with Crippen LogP contribution in [0.4, 0.5) is 34.1 Å². The Kier molecular flexibility index (Phi) is 15.0. The highest BCUT2D eigenvalue weighted by molar-refractivity contribution is 6.33. The number of nitrogens with two attached hydrogens (primary N) is 1. The third-order valence-electron chi connectivity index (χ3n) is 13.8. The Hall–Kier alpha value is -4.32. The van der Waals surface area contributed by atoms with Crippen LogP contribution < -0.4 is 11.1 Å². The van der Waals surface area contributed by atoms with Gasteiger partial charge in [-0.1, -0.05) is 29.8 Å². The van der Waals surface area contributed by atoms with Crippen LogP contribution in [0.1, 0.15) is 69.1 Å². The van der Waals surface area contributed by atoms with Crippen LogP contribution in [-0.4, -0.2) is 151 Å². The minimum atomic E-state index is -4.79. The number of carbonyl (C=O) groups is 4. The maximum absolute atomic E-state index is 14.3. The maximum atomic E-state index is 14.3. The number of morpholine rings is 1. The number of urea groups is 1. The van der Waals surface area contributed by atoms with Crippen LogP contribution >= 0.6 is 11.6 Å². The molecule has 0 unspecified atom stereocenters. The number of alkyl halides is 3. The predicted octanol–water partition coefficient (Wildman–Crippen LogP) is 6.15. The molecule has 346 valence electrons. The first kappa shape index (κ1) is 46.7. The van der Waals surface area contributed by atoms with Crippen molar-refractivity contribution in [1.29, 1.82) is 0 Å². The van der Waals surface area contributed by atoms with Crippen molar-refractivity contribution >= 4 is 47.0 Å². The monoisotopic (exact) mass is 903 g/mol. The molecule has 5 aliphatic rings. The van der Waals surface area contributed by atoms with Gasteiger partial charge in [-0.15, -0.1) is 0 Å². The molecular formula is C45H61ClF3N7O7. The van der Waals surface area contributed by atoms with E-state index < -0.39 is 41.1 Å². The largest absolute Gasteiger partial charge is 0.463 e. The molecule has 4 fully saturated rings.